The van der Waals surface area contributed by atoms with Crippen molar-refractivity contribution in [2.24, 2.45) is 0 Å². The molecule has 1 fully saturated rings. The molecule has 1 saturated heterocycles. The van der Waals surface area contributed by atoms with Gasteiger partial charge in [0.05, 0.1) is 12.6 Å². The number of carbonyl (C=O) groups is 2. The zero-order valence-corrected chi connectivity index (χ0v) is 10.7. The van der Waals surface area contributed by atoms with Crippen LogP contribution in [0.25, 0.3) is 0 Å². The lowest BCUT2D eigenvalue weighted by atomic mass is 9.98. The van der Waals surface area contributed by atoms with Crippen LogP contribution < -0.4 is 10.6 Å². The van der Waals surface area contributed by atoms with Crippen molar-refractivity contribution in [3.05, 3.63) is 0 Å². The van der Waals surface area contributed by atoms with Crippen molar-refractivity contribution in [1.29, 1.82) is 0 Å². The molecule has 1 aliphatic heterocycles. The Morgan fingerprint density at radius 2 is 2.24 bits per heavy atom. The lowest BCUT2D eigenvalue weighted by molar-refractivity contribution is -0.124. The maximum atomic E-state index is 11.7. The summed E-state index contributed by atoms with van der Waals surface area (Å²) in [5, 5.41) is 14.1. The standard InChI is InChI=1S/C11H20N2O4/c1-10(2,3)17-9(16)13-11(4)5-7(6-14)12-8(11)15/h7,14H,5-6H2,1-4H3,(H,12,15)(H,13,16). The Hall–Kier alpha value is -1.30. The highest BCUT2D eigenvalue weighted by Gasteiger charge is 2.44. The molecule has 0 aromatic heterocycles. The summed E-state index contributed by atoms with van der Waals surface area (Å²) in [7, 11) is 0. The SMILES string of the molecule is CC(C)(C)OC(=O)NC1(C)CC(CO)NC1=O. The molecule has 0 radical (unpaired) electrons. The highest BCUT2D eigenvalue weighted by Crippen LogP contribution is 2.20. The number of ether oxygens (including phenoxy) is 1. The van der Waals surface area contributed by atoms with Crippen molar-refractivity contribution < 1.29 is 19.4 Å². The number of amides is 2. The first kappa shape index (κ1) is 13.8. The van der Waals surface area contributed by atoms with E-state index in [4.69, 9.17) is 9.84 Å². The fourth-order valence-electron chi connectivity index (χ4n) is 1.73. The largest absolute Gasteiger partial charge is 0.444 e. The quantitative estimate of drug-likeness (QED) is 0.645. The first-order valence-corrected chi connectivity index (χ1v) is 5.59. The fourth-order valence-corrected chi connectivity index (χ4v) is 1.73. The first-order chi connectivity index (χ1) is 7.66. The number of hydrogen-bond donors (Lipinski definition) is 3. The minimum absolute atomic E-state index is 0.142. The van der Waals surface area contributed by atoms with Crippen molar-refractivity contribution in [3.8, 4) is 0 Å². The van der Waals surface area contributed by atoms with E-state index in [9.17, 15) is 9.59 Å². The van der Waals surface area contributed by atoms with Gasteiger partial charge in [-0.2, -0.15) is 0 Å². The Labute approximate surface area is 101 Å². The van der Waals surface area contributed by atoms with Crippen molar-refractivity contribution in [1.82, 2.24) is 10.6 Å². The molecule has 17 heavy (non-hydrogen) atoms. The third-order valence-electron chi connectivity index (χ3n) is 2.49. The second kappa shape index (κ2) is 4.52. The van der Waals surface area contributed by atoms with Crippen LogP contribution in [0, 0.1) is 0 Å². The van der Waals surface area contributed by atoms with E-state index < -0.39 is 17.2 Å². The number of nitrogens with one attached hydrogen (secondary N) is 2. The maximum absolute atomic E-state index is 11.7. The van der Waals surface area contributed by atoms with E-state index >= 15 is 0 Å². The molecule has 2 atom stereocenters. The molecule has 1 rings (SSSR count). The Bertz CT molecular complexity index is 324. The van der Waals surface area contributed by atoms with Gasteiger partial charge in [0.25, 0.3) is 0 Å². The van der Waals surface area contributed by atoms with Crippen LogP contribution >= 0.6 is 0 Å². The molecule has 3 N–H and O–H groups in total. The van der Waals surface area contributed by atoms with E-state index in [1.165, 1.54) is 0 Å². The Balaban J connectivity index is 2.62. The topological polar surface area (TPSA) is 87.7 Å². The molecule has 0 aromatic carbocycles. The molecule has 6 nitrogen and oxygen atoms in total. The zero-order valence-electron chi connectivity index (χ0n) is 10.7. The van der Waals surface area contributed by atoms with Crippen LogP contribution in [0.4, 0.5) is 4.79 Å². The van der Waals surface area contributed by atoms with Crippen LogP contribution in [-0.2, 0) is 9.53 Å². The second-order valence-electron chi connectivity index (χ2n) is 5.52. The van der Waals surface area contributed by atoms with E-state index in [1.807, 2.05) is 0 Å². The lowest BCUT2D eigenvalue weighted by Crippen LogP contribution is -2.52. The van der Waals surface area contributed by atoms with Gasteiger partial charge in [-0.15, -0.1) is 0 Å². The summed E-state index contributed by atoms with van der Waals surface area (Å²) in [6, 6.07) is -0.317. The molecular formula is C11H20N2O4. The van der Waals surface area contributed by atoms with E-state index in [0.29, 0.717) is 6.42 Å². The van der Waals surface area contributed by atoms with E-state index in [1.54, 1.807) is 27.7 Å². The Kier molecular flexibility index (Phi) is 3.66. The summed E-state index contributed by atoms with van der Waals surface area (Å²) in [5.41, 5.74) is -1.62. The first-order valence-electron chi connectivity index (χ1n) is 5.59. The molecule has 98 valence electrons. The van der Waals surface area contributed by atoms with Crippen LogP contribution in [-0.4, -0.2) is 40.9 Å². The highest BCUT2D eigenvalue weighted by atomic mass is 16.6. The molecule has 2 amide bonds. The van der Waals surface area contributed by atoms with Gasteiger partial charge in [-0.1, -0.05) is 0 Å². The minimum Gasteiger partial charge on any atom is -0.444 e. The van der Waals surface area contributed by atoms with Gasteiger partial charge in [-0.05, 0) is 27.7 Å². The van der Waals surface area contributed by atoms with E-state index in [-0.39, 0.29) is 18.6 Å². The van der Waals surface area contributed by atoms with Crippen molar-refractivity contribution >= 4 is 12.0 Å². The molecule has 0 aliphatic carbocycles. The summed E-state index contributed by atoms with van der Waals surface area (Å²) in [6.45, 7) is 6.72. The molecule has 0 aromatic rings. The van der Waals surface area contributed by atoms with E-state index in [0.717, 1.165) is 0 Å². The van der Waals surface area contributed by atoms with Gasteiger partial charge in [0, 0.05) is 6.42 Å². The summed E-state index contributed by atoms with van der Waals surface area (Å²) in [5.74, 6) is -0.303. The Morgan fingerprint density at radius 3 is 2.65 bits per heavy atom. The normalized spacial score (nSPS) is 28.8. The summed E-state index contributed by atoms with van der Waals surface area (Å²) in [6.07, 6.45) is -0.282. The average Bonchev–Trinajstić information content (AvgIpc) is 2.38. The maximum Gasteiger partial charge on any atom is 0.408 e. The molecule has 0 saturated carbocycles. The van der Waals surface area contributed by atoms with Crippen LogP contribution in [0.15, 0.2) is 0 Å². The minimum atomic E-state index is -1.02. The second-order valence-corrected chi connectivity index (χ2v) is 5.52. The van der Waals surface area contributed by atoms with Gasteiger partial charge in [0.2, 0.25) is 5.91 Å². The number of aliphatic hydroxyl groups is 1. The number of alkyl carbamates (subject to hydrolysis) is 1. The van der Waals surface area contributed by atoms with Crippen LogP contribution in [0.1, 0.15) is 34.1 Å². The molecule has 2 unspecified atom stereocenters. The van der Waals surface area contributed by atoms with Crippen molar-refractivity contribution in [3.63, 3.8) is 0 Å². The average molecular weight is 244 g/mol. The molecule has 0 bridgehead atoms. The third kappa shape index (κ3) is 3.59. The van der Waals surface area contributed by atoms with Crippen molar-refractivity contribution in [2.75, 3.05) is 6.61 Å². The molecule has 6 heteroatoms. The van der Waals surface area contributed by atoms with Crippen LogP contribution in [0.5, 0.6) is 0 Å². The molecule has 1 heterocycles. The molecule has 1 aliphatic rings. The van der Waals surface area contributed by atoms with Gasteiger partial charge in [0.15, 0.2) is 0 Å². The predicted molar refractivity (Wildman–Crippen MR) is 61.4 cm³/mol. The zero-order chi connectivity index (χ0) is 13.3. The van der Waals surface area contributed by atoms with Crippen LogP contribution in [0.2, 0.25) is 0 Å². The van der Waals surface area contributed by atoms with Crippen LogP contribution in [0.3, 0.4) is 0 Å². The Morgan fingerprint density at radius 1 is 1.65 bits per heavy atom. The summed E-state index contributed by atoms with van der Waals surface area (Å²) >= 11 is 0. The lowest BCUT2D eigenvalue weighted by Gasteiger charge is -2.26. The number of aliphatic hydroxyl groups excluding tert-OH is 1. The number of rotatable bonds is 2. The van der Waals surface area contributed by atoms with Gasteiger partial charge in [-0.3, -0.25) is 4.79 Å². The predicted octanol–water partition coefficient (Wildman–Crippen LogP) is 0.151. The summed E-state index contributed by atoms with van der Waals surface area (Å²) in [4.78, 5) is 23.3. The van der Waals surface area contributed by atoms with Crippen molar-refractivity contribution in [2.45, 2.75) is 51.3 Å². The van der Waals surface area contributed by atoms with Gasteiger partial charge >= 0.3 is 6.09 Å². The third-order valence-corrected chi connectivity index (χ3v) is 2.49. The van der Waals surface area contributed by atoms with E-state index in [2.05, 4.69) is 10.6 Å². The highest BCUT2D eigenvalue weighted by molar-refractivity contribution is 5.91. The molecule has 0 spiro atoms. The number of carbonyl (C=O) groups excluding carboxylic acids is 2. The van der Waals surface area contributed by atoms with Gasteiger partial charge in [0.1, 0.15) is 11.1 Å². The van der Waals surface area contributed by atoms with Gasteiger partial charge < -0.3 is 20.5 Å². The monoisotopic (exact) mass is 244 g/mol. The molecular weight excluding hydrogens is 224 g/mol. The fraction of sp³-hybridized carbons (Fsp3) is 0.818. The number of hydrogen-bond acceptors (Lipinski definition) is 4. The van der Waals surface area contributed by atoms with Gasteiger partial charge in [-0.25, -0.2) is 4.79 Å². The smallest absolute Gasteiger partial charge is 0.408 e. The summed E-state index contributed by atoms with van der Waals surface area (Å²) < 4.78 is 5.09.